The third kappa shape index (κ3) is 5.63. The highest BCUT2D eigenvalue weighted by Gasteiger charge is 2.37. The van der Waals surface area contributed by atoms with E-state index in [4.69, 9.17) is 4.52 Å². The fraction of sp³-hybridized carbons (Fsp3) is 0.778. The predicted octanol–water partition coefficient (Wildman–Crippen LogP) is 3.83. The second-order valence-corrected chi connectivity index (χ2v) is 7.36. The fourth-order valence-corrected chi connectivity index (χ4v) is 3.65. The highest BCUT2D eigenvalue weighted by atomic mass is 127. The SMILES string of the molecule is CN=C(NCCc1c(C)noc1C)NCC1(CC(C)C)CCC1.I. The lowest BCUT2D eigenvalue weighted by Gasteiger charge is -2.43. The van der Waals surface area contributed by atoms with E-state index in [0.717, 1.165) is 42.8 Å². The van der Waals surface area contributed by atoms with Gasteiger partial charge in [0.2, 0.25) is 0 Å². The lowest BCUT2D eigenvalue weighted by molar-refractivity contribution is 0.104. The first kappa shape index (κ1) is 21.3. The van der Waals surface area contributed by atoms with Crippen molar-refractivity contribution in [3.63, 3.8) is 0 Å². The minimum Gasteiger partial charge on any atom is -0.361 e. The maximum Gasteiger partial charge on any atom is 0.191 e. The van der Waals surface area contributed by atoms with Crippen LogP contribution in [0.2, 0.25) is 0 Å². The smallest absolute Gasteiger partial charge is 0.191 e. The Morgan fingerprint density at radius 2 is 2.00 bits per heavy atom. The highest BCUT2D eigenvalue weighted by Crippen LogP contribution is 2.45. The Kier molecular flexibility index (Phi) is 8.53. The average molecular weight is 448 g/mol. The minimum absolute atomic E-state index is 0. The molecular weight excluding hydrogens is 415 g/mol. The zero-order valence-electron chi connectivity index (χ0n) is 15.7. The summed E-state index contributed by atoms with van der Waals surface area (Å²) in [6, 6.07) is 0. The molecule has 1 aromatic heterocycles. The molecule has 0 saturated heterocycles. The van der Waals surface area contributed by atoms with Crippen LogP contribution in [0.15, 0.2) is 9.52 Å². The first-order chi connectivity index (χ1) is 11.0. The largest absolute Gasteiger partial charge is 0.361 e. The quantitative estimate of drug-likeness (QED) is 0.378. The number of hydrogen-bond donors (Lipinski definition) is 2. The van der Waals surface area contributed by atoms with E-state index in [-0.39, 0.29) is 24.0 Å². The molecule has 0 aliphatic heterocycles. The molecule has 2 N–H and O–H groups in total. The summed E-state index contributed by atoms with van der Waals surface area (Å²) >= 11 is 0. The number of nitrogens with zero attached hydrogens (tertiary/aromatic N) is 2. The van der Waals surface area contributed by atoms with Crippen molar-refractivity contribution in [3.8, 4) is 0 Å². The van der Waals surface area contributed by atoms with Crippen LogP contribution in [0.5, 0.6) is 0 Å². The van der Waals surface area contributed by atoms with E-state index in [1.54, 1.807) is 0 Å². The number of rotatable bonds is 7. The molecule has 0 atom stereocenters. The first-order valence-electron chi connectivity index (χ1n) is 8.82. The maximum atomic E-state index is 5.21. The Hall–Kier alpha value is -0.790. The van der Waals surface area contributed by atoms with E-state index in [0.29, 0.717) is 5.41 Å². The van der Waals surface area contributed by atoms with Crippen LogP contribution in [0.4, 0.5) is 0 Å². The zero-order valence-corrected chi connectivity index (χ0v) is 18.1. The van der Waals surface area contributed by atoms with Gasteiger partial charge in [-0.25, -0.2) is 0 Å². The number of guanidine groups is 1. The molecule has 138 valence electrons. The average Bonchev–Trinajstić information content (AvgIpc) is 2.78. The summed E-state index contributed by atoms with van der Waals surface area (Å²) in [4.78, 5) is 4.35. The van der Waals surface area contributed by atoms with Gasteiger partial charge in [-0.05, 0) is 50.9 Å². The molecule has 24 heavy (non-hydrogen) atoms. The molecule has 0 radical (unpaired) electrons. The van der Waals surface area contributed by atoms with E-state index in [2.05, 4.69) is 34.6 Å². The molecule has 1 heterocycles. The molecule has 1 fully saturated rings. The van der Waals surface area contributed by atoms with Crippen molar-refractivity contribution in [3.05, 3.63) is 17.0 Å². The van der Waals surface area contributed by atoms with Crippen molar-refractivity contribution in [2.24, 2.45) is 16.3 Å². The standard InChI is InChI=1S/C18H32N4O.HI/c1-13(2)11-18(8-6-9-18)12-21-17(19-5)20-10-7-16-14(3)22-23-15(16)4;/h13H,6-12H2,1-5H3,(H2,19,20,21);1H. The molecule has 0 spiro atoms. The van der Waals surface area contributed by atoms with Gasteiger partial charge in [-0.1, -0.05) is 25.4 Å². The Balaban J connectivity index is 0.00000288. The summed E-state index contributed by atoms with van der Waals surface area (Å²) in [7, 11) is 1.83. The number of halogens is 1. The van der Waals surface area contributed by atoms with Gasteiger partial charge in [-0.15, -0.1) is 24.0 Å². The summed E-state index contributed by atoms with van der Waals surface area (Å²) in [5.41, 5.74) is 2.66. The van der Waals surface area contributed by atoms with E-state index in [1.165, 1.54) is 31.2 Å². The van der Waals surface area contributed by atoms with Crippen LogP contribution < -0.4 is 10.6 Å². The lowest BCUT2D eigenvalue weighted by atomic mass is 9.64. The molecule has 1 saturated carbocycles. The van der Waals surface area contributed by atoms with Gasteiger partial charge in [-0.3, -0.25) is 4.99 Å². The molecule has 0 aromatic carbocycles. The van der Waals surface area contributed by atoms with Crippen molar-refractivity contribution < 1.29 is 4.52 Å². The number of aromatic nitrogens is 1. The summed E-state index contributed by atoms with van der Waals surface area (Å²) in [6.07, 6.45) is 6.25. The van der Waals surface area contributed by atoms with Gasteiger partial charge in [0, 0.05) is 25.7 Å². The number of aryl methyl sites for hydroxylation is 2. The van der Waals surface area contributed by atoms with Crippen molar-refractivity contribution >= 4 is 29.9 Å². The van der Waals surface area contributed by atoms with Crippen LogP contribution in [0.1, 0.15) is 56.5 Å². The van der Waals surface area contributed by atoms with E-state index in [9.17, 15) is 0 Å². The number of nitrogens with one attached hydrogen (secondary N) is 2. The van der Waals surface area contributed by atoms with Crippen molar-refractivity contribution in [2.75, 3.05) is 20.1 Å². The second-order valence-electron chi connectivity index (χ2n) is 7.36. The minimum atomic E-state index is 0. The maximum absolute atomic E-state index is 5.21. The van der Waals surface area contributed by atoms with Crippen LogP contribution in [0, 0.1) is 25.2 Å². The number of aliphatic imine (C=N–C) groups is 1. The number of hydrogen-bond acceptors (Lipinski definition) is 3. The molecule has 0 amide bonds. The zero-order chi connectivity index (χ0) is 16.9. The fourth-order valence-electron chi connectivity index (χ4n) is 3.65. The lowest BCUT2D eigenvalue weighted by Crippen LogP contribution is -2.47. The van der Waals surface area contributed by atoms with Gasteiger partial charge < -0.3 is 15.2 Å². The molecule has 6 heteroatoms. The molecule has 1 aliphatic carbocycles. The van der Waals surface area contributed by atoms with Gasteiger partial charge in [0.1, 0.15) is 5.76 Å². The van der Waals surface area contributed by atoms with Crippen LogP contribution in [0.25, 0.3) is 0 Å². The van der Waals surface area contributed by atoms with Crippen LogP contribution in [0.3, 0.4) is 0 Å². The van der Waals surface area contributed by atoms with Crippen molar-refractivity contribution in [1.29, 1.82) is 0 Å². The van der Waals surface area contributed by atoms with Gasteiger partial charge in [0.15, 0.2) is 5.96 Å². The third-order valence-electron chi connectivity index (χ3n) is 4.96. The molecule has 5 nitrogen and oxygen atoms in total. The van der Waals surface area contributed by atoms with Crippen LogP contribution in [-0.4, -0.2) is 31.3 Å². The van der Waals surface area contributed by atoms with E-state index >= 15 is 0 Å². The van der Waals surface area contributed by atoms with Crippen molar-refractivity contribution in [1.82, 2.24) is 15.8 Å². The highest BCUT2D eigenvalue weighted by molar-refractivity contribution is 14.0. The first-order valence-corrected chi connectivity index (χ1v) is 8.82. The Morgan fingerprint density at radius 1 is 1.29 bits per heavy atom. The summed E-state index contributed by atoms with van der Waals surface area (Å²) < 4.78 is 5.21. The Morgan fingerprint density at radius 3 is 2.46 bits per heavy atom. The topological polar surface area (TPSA) is 62.5 Å². The summed E-state index contributed by atoms with van der Waals surface area (Å²) in [5.74, 6) is 2.57. The van der Waals surface area contributed by atoms with Crippen molar-refractivity contribution in [2.45, 2.75) is 59.8 Å². The second kappa shape index (κ2) is 9.63. The molecule has 1 aromatic rings. The predicted molar refractivity (Wildman–Crippen MR) is 110 cm³/mol. The molecule has 0 bridgehead atoms. The molecule has 1 aliphatic rings. The Bertz CT molecular complexity index is 516. The summed E-state index contributed by atoms with van der Waals surface area (Å²) in [5, 5.41) is 10.9. The molecule has 2 rings (SSSR count). The Labute approximate surface area is 163 Å². The summed E-state index contributed by atoms with van der Waals surface area (Å²) in [6.45, 7) is 10.4. The van der Waals surface area contributed by atoms with Gasteiger partial charge >= 0.3 is 0 Å². The van der Waals surface area contributed by atoms with Gasteiger partial charge in [-0.2, -0.15) is 0 Å². The van der Waals surface area contributed by atoms with Gasteiger partial charge in [0.05, 0.1) is 5.69 Å². The van der Waals surface area contributed by atoms with Gasteiger partial charge in [0.25, 0.3) is 0 Å². The van der Waals surface area contributed by atoms with Crippen LogP contribution in [-0.2, 0) is 6.42 Å². The van der Waals surface area contributed by atoms with E-state index in [1.807, 2.05) is 20.9 Å². The third-order valence-corrected chi connectivity index (χ3v) is 4.96. The molecule has 0 unspecified atom stereocenters. The molecular formula is C18H33IN4O. The monoisotopic (exact) mass is 448 g/mol. The van der Waals surface area contributed by atoms with Crippen LogP contribution >= 0.6 is 24.0 Å². The van der Waals surface area contributed by atoms with E-state index < -0.39 is 0 Å². The normalized spacial score (nSPS) is 16.5.